The van der Waals surface area contributed by atoms with Gasteiger partial charge in [0.2, 0.25) is 0 Å². The molecule has 0 amide bonds. The predicted octanol–water partition coefficient (Wildman–Crippen LogP) is 2.79. The highest BCUT2D eigenvalue weighted by atomic mass is 35.5. The topological polar surface area (TPSA) is 55.5 Å². The van der Waals surface area contributed by atoms with Gasteiger partial charge in [-0.25, -0.2) is 0 Å². The average molecular weight is 284 g/mol. The van der Waals surface area contributed by atoms with Gasteiger partial charge in [-0.1, -0.05) is 11.6 Å². The molecule has 1 aliphatic carbocycles. The molecule has 1 heterocycles. The standard InChI is InChI=1S/C15H21NO2.ClH/c1-9-7-10(2)13-11(8-9)12(17)14(16)15(18-13)5-3-4-6-15;/h7-8,12,14,17H,3-6,16H2,1-2H3;1H. The third-order valence-corrected chi connectivity index (χ3v) is 4.47. The Bertz CT molecular complexity index is 483. The van der Waals surface area contributed by atoms with Crippen molar-refractivity contribution in [1.82, 2.24) is 0 Å². The molecular weight excluding hydrogens is 262 g/mol. The summed E-state index contributed by atoms with van der Waals surface area (Å²) in [6.07, 6.45) is 3.59. The molecule has 1 saturated carbocycles. The molecule has 3 N–H and O–H groups in total. The van der Waals surface area contributed by atoms with Gasteiger partial charge in [-0.05, 0) is 51.2 Å². The fourth-order valence-corrected chi connectivity index (χ4v) is 3.51. The number of nitrogens with two attached hydrogens (primary N) is 1. The molecule has 3 nitrogen and oxygen atoms in total. The number of hydrogen-bond acceptors (Lipinski definition) is 3. The summed E-state index contributed by atoms with van der Waals surface area (Å²) >= 11 is 0. The lowest BCUT2D eigenvalue weighted by Gasteiger charge is -2.44. The summed E-state index contributed by atoms with van der Waals surface area (Å²) in [4.78, 5) is 0. The number of rotatable bonds is 0. The second-order valence-electron chi connectivity index (χ2n) is 5.84. The molecule has 2 aliphatic rings. The summed E-state index contributed by atoms with van der Waals surface area (Å²) in [5.41, 5.74) is 9.02. The van der Waals surface area contributed by atoms with Crippen molar-refractivity contribution in [3.05, 3.63) is 28.8 Å². The van der Waals surface area contributed by atoms with Crippen molar-refractivity contribution in [2.75, 3.05) is 0 Å². The molecule has 2 unspecified atom stereocenters. The minimum atomic E-state index is -0.606. The van der Waals surface area contributed by atoms with Gasteiger partial charge in [-0.2, -0.15) is 0 Å². The first-order valence-electron chi connectivity index (χ1n) is 6.77. The molecule has 0 radical (unpaired) electrons. The monoisotopic (exact) mass is 283 g/mol. The predicted molar refractivity (Wildman–Crippen MR) is 77.9 cm³/mol. The smallest absolute Gasteiger partial charge is 0.129 e. The van der Waals surface area contributed by atoms with Gasteiger partial charge in [0.25, 0.3) is 0 Å². The van der Waals surface area contributed by atoms with Crippen molar-refractivity contribution in [1.29, 1.82) is 0 Å². The van der Waals surface area contributed by atoms with Gasteiger partial charge in [0, 0.05) is 5.56 Å². The van der Waals surface area contributed by atoms with E-state index in [2.05, 4.69) is 6.07 Å². The Labute approximate surface area is 120 Å². The van der Waals surface area contributed by atoms with Crippen molar-refractivity contribution < 1.29 is 9.84 Å². The lowest BCUT2D eigenvalue weighted by atomic mass is 9.82. The summed E-state index contributed by atoms with van der Waals surface area (Å²) in [6, 6.07) is 3.79. The van der Waals surface area contributed by atoms with Crippen LogP contribution in [0.2, 0.25) is 0 Å². The molecule has 0 aromatic heterocycles. The highest BCUT2D eigenvalue weighted by Crippen LogP contribution is 2.47. The largest absolute Gasteiger partial charge is 0.485 e. The van der Waals surface area contributed by atoms with E-state index in [0.717, 1.165) is 48.1 Å². The average Bonchev–Trinajstić information content (AvgIpc) is 2.78. The second kappa shape index (κ2) is 4.97. The molecule has 1 aromatic rings. The van der Waals surface area contributed by atoms with Gasteiger partial charge in [0.05, 0.1) is 6.04 Å². The fraction of sp³-hybridized carbons (Fsp3) is 0.600. The van der Waals surface area contributed by atoms with Crippen LogP contribution < -0.4 is 10.5 Å². The minimum Gasteiger partial charge on any atom is -0.485 e. The van der Waals surface area contributed by atoms with E-state index in [4.69, 9.17) is 10.5 Å². The highest BCUT2D eigenvalue weighted by Gasteiger charge is 2.49. The number of aliphatic hydroxyl groups is 1. The zero-order valence-corrected chi connectivity index (χ0v) is 12.3. The highest BCUT2D eigenvalue weighted by molar-refractivity contribution is 5.85. The Balaban J connectivity index is 0.00000133. The van der Waals surface area contributed by atoms with Crippen LogP contribution in [0.4, 0.5) is 0 Å². The Hall–Kier alpha value is -0.770. The molecule has 1 aromatic carbocycles. The lowest BCUT2D eigenvalue weighted by Crippen LogP contribution is -2.56. The van der Waals surface area contributed by atoms with E-state index in [1.54, 1.807) is 0 Å². The number of aliphatic hydroxyl groups excluding tert-OH is 1. The normalized spacial score (nSPS) is 27.6. The van der Waals surface area contributed by atoms with Gasteiger partial charge in [0.15, 0.2) is 0 Å². The summed E-state index contributed by atoms with van der Waals surface area (Å²) in [5.74, 6) is 0.858. The maximum atomic E-state index is 10.5. The molecule has 106 valence electrons. The second-order valence-corrected chi connectivity index (χ2v) is 5.84. The van der Waals surface area contributed by atoms with Crippen LogP contribution in [0, 0.1) is 13.8 Å². The number of halogens is 1. The summed E-state index contributed by atoms with van der Waals surface area (Å²) in [7, 11) is 0. The van der Waals surface area contributed by atoms with Crippen molar-refractivity contribution in [2.45, 2.75) is 57.3 Å². The summed E-state index contributed by atoms with van der Waals surface area (Å²) in [5, 5.41) is 10.5. The van der Waals surface area contributed by atoms with E-state index in [0.29, 0.717) is 0 Å². The molecule has 0 bridgehead atoms. The zero-order valence-electron chi connectivity index (χ0n) is 11.5. The lowest BCUT2D eigenvalue weighted by molar-refractivity contribution is -0.0321. The quantitative estimate of drug-likeness (QED) is 0.770. The maximum absolute atomic E-state index is 10.5. The summed E-state index contributed by atoms with van der Waals surface area (Å²) in [6.45, 7) is 4.07. The number of benzene rings is 1. The molecule has 0 saturated heterocycles. The van der Waals surface area contributed by atoms with Gasteiger partial charge in [-0.15, -0.1) is 12.4 Å². The van der Waals surface area contributed by atoms with Crippen LogP contribution in [0.1, 0.15) is 48.5 Å². The van der Waals surface area contributed by atoms with Crippen molar-refractivity contribution in [3.63, 3.8) is 0 Å². The van der Waals surface area contributed by atoms with Gasteiger partial charge in [-0.3, -0.25) is 0 Å². The molecule has 1 aliphatic heterocycles. The first-order chi connectivity index (χ1) is 8.53. The third-order valence-electron chi connectivity index (χ3n) is 4.47. The molecule has 19 heavy (non-hydrogen) atoms. The van der Waals surface area contributed by atoms with E-state index in [-0.39, 0.29) is 24.0 Å². The first kappa shape index (κ1) is 14.6. The van der Waals surface area contributed by atoms with Crippen LogP contribution in [-0.2, 0) is 0 Å². The molecule has 1 fully saturated rings. The number of fused-ring (bicyclic) bond motifs is 1. The van der Waals surface area contributed by atoms with Crippen molar-refractivity contribution in [3.8, 4) is 5.75 Å². The van der Waals surface area contributed by atoms with Gasteiger partial charge < -0.3 is 15.6 Å². The zero-order chi connectivity index (χ0) is 12.9. The van der Waals surface area contributed by atoms with Crippen LogP contribution in [-0.4, -0.2) is 16.7 Å². The van der Waals surface area contributed by atoms with Gasteiger partial charge in [0.1, 0.15) is 17.5 Å². The van der Waals surface area contributed by atoms with Crippen LogP contribution in [0.15, 0.2) is 12.1 Å². The van der Waals surface area contributed by atoms with Crippen LogP contribution in [0.5, 0.6) is 5.75 Å². The number of hydrogen-bond donors (Lipinski definition) is 2. The van der Waals surface area contributed by atoms with Crippen molar-refractivity contribution >= 4 is 12.4 Å². The Kier molecular flexibility index (Phi) is 3.83. The van der Waals surface area contributed by atoms with E-state index < -0.39 is 6.10 Å². The van der Waals surface area contributed by atoms with E-state index in [1.165, 1.54) is 0 Å². The molecule has 3 rings (SSSR count). The van der Waals surface area contributed by atoms with Gasteiger partial charge >= 0.3 is 0 Å². The van der Waals surface area contributed by atoms with E-state index >= 15 is 0 Å². The summed E-state index contributed by atoms with van der Waals surface area (Å²) < 4.78 is 6.26. The van der Waals surface area contributed by atoms with E-state index in [1.807, 2.05) is 19.9 Å². The Morgan fingerprint density at radius 3 is 2.53 bits per heavy atom. The Morgan fingerprint density at radius 1 is 1.26 bits per heavy atom. The molecule has 4 heteroatoms. The number of ether oxygens (including phenoxy) is 1. The maximum Gasteiger partial charge on any atom is 0.129 e. The fourth-order valence-electron chi connectivity index (χ4n) is 3.51. The Morgan fingerprint density at radius 2 is 1.89 bits per heavy atom. The first-order valence-corrected chi connectivity index (χ1v) is 6.77. The number of aryl methyl sites for hydroxylation is 2. The molecular formula is C15H22ClNO2. The van der Waals surface area contributed by atoms with E-state index in [9.17, 15) is 5.11 Å². The van der Waals surface area contributed by atoms with Crippen LogP contribution in [0.25, 0.3) is 0 Å². The molecule has 2 atom stereocenters. The minimum absolute atomic E-state index is 0. The van der Waals surface area contributed by atoms with Crippen molar-refractivity contribution in [2.24, 2.45) is 5.73 Å². The van der Waals surface area contributed by atoms with Crippen LogP contribution >= 0.6 is 12.4 Å². The molecule has 1 spiro atoms. The SMILES string of the molecule is Cc1cc(C)c2c(c1)C(O)C(N)C1(CCCC1)O2.Cl. The third kappa shape index (κ3) is 2.14. The van der Waals surface area contributed by atoms with Crippen LogP contribution in [0.3, 0.4) is 0 Å².